The Balaban J connectivity index is 2.80. The number of aliphatic hydroxyl groups is 1. The van der Waals surface area contributed by atoms with Gasteiger partial charge < -0.3 is 15.4 Å². The van der Waals surface area contributed by atoms with Crippen LogP contribution in [0.5, 0.6) is 0 Å². The van der Waals surface area contributed by atoms with Gasteiger partial charge in [-0.15, -0.1) is 0 Å². The molecular formula is C9H13F2N5O2. The van der Waals surface area contributed by atoms with E-state index in [2.05, 4.69) is 15.4 Å². The third-order valence-electron chi connectivity index (χ3n) is 2.03. The molecule has 1 aromatic heterocycles. The number of hydrogen-bond donors (Lipinski definition) is 3. The Bertz CT molecular complexity index is 387. The number of nitrogens with two attached hydrogens (primary N) is 1. The number of nitrogens with one attached hydrogen (secondary N) is 1. The first kappa shape index (κ1) is 14.2. The molecule has 1 amide bonds. The van der Waals surface area contributed by atoms with Crippen molar-refractivity contribution in [3.8, 4) is 0 Å². The van der Waals surface area contributed by atoms with E-state index < -0.39 is 25.5 Å². The van der Waals surface area contributed by atoms with E-state index in [0.717, 1.165) is 11.1 Å². The van der Waals surface area contributed by atoms with Crippen LogP contribution < -0.4 is 11.3 Å². The van der Waals surface area contributed by atoms with Gasteiger partial charge >= 0.3 is 0 Å². The smallest absolute Gasteiger partial charge is 0.274 e. The zero-order valence-electron chi connectivity index (χ0n) is 9.38. The van der Waals surface area contributed by atoms with Crippen LogP contribution in [0.1, 0.15) is 10.5 Å². The van der Waals surface area contributed by atoms with Gasteiger partial charge in [-0.2, -0.15) is 0 Å². The van der Waals surface area contributed by atoms with Gasteiger partial charge in [0.1, 0.15) is 5.69 Å². The van der Waals surface area contributed by atoms with E-state index in [1.807, 2.05) is 0 Å². The number of rotatable bonds is 6. The van der Waals surface area contributed by atoms with Crippen molar-refractivity contribution in [2.24, 2.45) is 5.84 Å². The molecule has 100 valence electrons. The van der Waals surface area contributed by atoms with Gasteiger partial charge in [0.05, 0.1) is 25.5 Å². The van der Waals surface area contributed by atoms with Gasteiger partial charge in [0.15, 0.2) is 5.82 Å². The summed E-state index contributed by atoms with van der Waals surface area (Å²) in [5.41, 5.74) is 2.13. The number of carbonyl (C=O) groups is 1. The number of amides is 1. The molecular weight excluding hydrogens is 248 g/mol. The number of carbonyl (C=O) groups excluding carboxylic acids is 1. The molecule has 0 saturated carbocycles. The van der Waals surface area contributed by atoms with E-state index in [4.69, 9.17) is 10.9 Å². The molecule has 0 aliphatic heterocycles. The second-order valence-electron chi connectivity index (χ2n) is 3.30. The van der Waals surface area contributed by atoms with Gasteiger partial charge in [-0.05, 0) is 0 Å². The summed E-state index contributed by atoms with van der Waals surface area (Å²) in [6.45, 7) is -1.37. The number of nitrogen functional groups attached to an aromatic ring is 1. The SMILES string of the molecule is NNc1cnc(C(=O)N(CCO)CC(F)F)cn1. The zero-order valence-corrected chi connectivity index (χ0v) is 9.38. The second kappa shape index (κ2) is 6.77. The molecule has 0 aromatic carbocycles. The fraction of sp³-hybridized carbons (Fsp3) is 0.444. The summed E-state index contributed by atoms with van der Waals surface area (Å²) < 4.78 is 24.5. The third-order valence-corrected chi connectivity index (χ3v) is 2.03. The third kappa shape index (κ3) is 3.86. The van der Waals surface area contributed by atoms with Crippen LogP contribution in [0, 0.1) is 0 Å². The van der Waals surface area contributed by atoms with Crippen molar-refractivity contribution < 1.29 is 18.7 Å². The highest BCUT2D eigenvalue weighted by molar-refractivity contribution is 5.92. The molecule has 0 radical (unpaired) electrons. The molecule has 0 aliphatic carbocycles. The zero-order chi connectivity index (χ0) is 13.5. The van der Waals surface area contributed by atoms with Crippen molar-refractivity contribution >= 4 is 11.7 Å². The number of hydrogen-bond acceptors (Lipinski definition) is 6. The molecule has 0 atom stereocenters. The lowest BCUT2D eigenvalue weighted by atomic mass is 10.3. The lowest BCUT2D eigenvalue weighted by Gasteiger charge is -2.20. The minimum absolute atomic E-state index is 0.0944. The number of aliphatic hydroxyl groups excluding tert-OH is 1. The van der Waals surface area contributed by atoms with Crippen LogP contribution in [-0.2, 0) is 0 Å². The van der Waals surface area contributed by atoms with Gasteiger partial charge in [-0.3, -0.25) is 4.79 Å². The van der Waals surface area contributed by atoms with Crippen molar-refractivity contribution in [2.45, 2.75) is 6.43 Å². The number of aromatic nitrogens is 2. The van der Waals surface area contributed by atoms with Crippen LogP contribution in [0.4, 0.5) is 14.6 Å². The van der Waals surface area contributed by atoms with E-state index in [-0.39, 0.29) is 18.1 Å². The topological polar surface area (TPSA) is 104 Å². The van der Waals surface area contributed by atoms with Crippen LogP contribution >= 0.6 is 0 Å². The molecule has 1 heterocycles. The summed E-state index contributed by atoms with van der Waals surface area (Å²) in [5.74, 6) is 4.59. The van der Waals surface area contributed by atoms with Gasteiger partial charge in [-0.1, -0.05) is 0 Å². The molecule has 9 heteroatoms. The van der Waals surface area contributed by atoms with Gasteiger partial charge in [0.2, 0.25) is 0 Å². The first-order valence-corrected chi connectivity index (χ1v) is 5.05. The second-order valence-corrected chi connectivity index (χ2v) is 3.30. The van der Waals surface area contributed by atoms with E-state index in [0.29, 0.717) is 0 Å². The van der Waals surface area contributed by atoms with E-state index in [9.17, 15) is 13.6 Å². The fourth-order valence-electron chi connectivity index (χ4n) is 1.24. The van der Waals surface area contributed by atoms with Crippen molar-refractivity contribution in [3.05, 3.63) is 18.1 Å². The summed E-state index contributed by atoms with van der Waals surface area (Å²) in [7, 11) is 0. The predicted molar refractivity (Wildman–Crippen MR) is 58.8 cm³/mol. The normalized spacial score (nSPS) is 10.5. The lowest BCUT2D eigenvalue weighted by Crippen LogP contribution is -2.37. The maximum absolute atomic E-state index is 12.3. The number of hydrazine groups is 1. The minimum Gasteiger partial charge on any atom is -0.395 e. The minimum atomic E-state index is -2.68. The molecule has 4 N–H and O–H groups in total. The molecule has 0 fully saturated rings. The number of halogens is 2. The van der Waals surface area contributed by atoms with E-state index >= 15 is 0 Å². The Morgan fingerprint density at radius 2 is 2.22 bits per heavy atom. The van der Waals surface area contributed by atoms with Crippen LogP contribution in [-0.4, -0.2) is 52.0 Å². The molecule has 0 spiro atoms. The summed E-state index contributed by atoms with van der Waals surface area (Å²) in [6.07, 6.45) is -0.362. The number of alkyl halides is 2. The number of anilines is 1. The first-order valence-electron chi connectivity index (χ1n) is 5.05. The lowest BCUT2D eigenvalue weighted by molar-refractivity contribution is 0.0504. The maximum Gasteiger partial charge on any atom is 0.274 e. The van der Waals surface area contributed by atoms with Crippen molar-refractivity contribution in [1.82, 2.24) is 14.9 Å². The predicted octanol–water partition coefficient (Wildman–Crippen LogP) is -0.538. The average molecular weight is 261 g/mol. The Morgan fingerprint density at radius 3 is 2.67 bits per heavy atom. The van der Waals surface area contributed by atoms with E-state index in [1.165, 1.54) is 6.20 Å². The standard InChI is InChI=1S/C9H13F2N5O2/c10-7(11)5-16(1-2-17)9(18)6-3-14-8(15-12)4-13-6/h3-4,7,17H,1-2,5,12H2,(H,14,15). The Morgan fingerprint density at radius 1 is 1.50 bits per heavy atom. The molecule has 0 saturated heterocycles. The van der Waals surface area contributed by atoms with Gasteiger partial charge in [-0.25, -0.2) is 24.6 Å². The summed E-state index contributed by atoms with van der Waals surface area (Å²) in [5, 5.41) is 8.73. The van der Waals surface area contributed by atoms with Crippen LogP contribution in [0.15, 0.2) is 12.4 Å². The summed E-state index contributed by atoms with van der Waals surface area (Å²) in [4.78, 5) is 20.1. The maximum atomic E-state index is 12.3. The van der Waals surface area contributed by atoms with Crippen molar-refractivity contribution in [3.63, 3.8) is 0 Å². The quantitative estimate of drug-likeness (QED) is 0.469. The molecule has 0 bridgehead atoms. The highest BCUT2D eigenvalue weighted by atomic mass is 19.3. The van der Waals surface area contributed by atoms with Crippen LogP contribution in [0.25, 0.3) is 0 Å². The molecule has 1 rings (SSSR count). The monoisotopic (exact) mass is 261 g/mol. The van der Waals surface area contributed by atoms with E-state index in [1.54, 1.807) is 0 Å². The summed E-state index contributed by atoms with van der Waals surface area (Å²) in [6, 6.07) is 0. The van der Waals surface area contributed by atoms with Gasteiger partial charge in [0, 0.05) is 6.54 Å². The Labute approximate surface area is 102 Å². The van der Waals surface area contributed by atoms with Crippen molar-refractivity contribution in [1.29, 1.82) is 0 Å². The van der Waals surface area contributed by atoms with Crippen molar-refractivity contribution in [2.75, 3.05) is 25.1 Å². The molecule has 1 aromatic rings. The average Bonchev–Trinajstić information content (AvgIpc) is 2.37. The molecule has 7 nitrogen and oxygen atoms in total. The first-order chi connectivity index (χ1) is 8.58. The Hall–Kier alpha value is -1.87. The highest BCUT2D eigenvalue weighted by Gasteiger charge is 2.20. The Kier molecular flexibility index (Phi) is 5.33. The highest BCUT2D eigenvalue weighted by Crippen LogP contribution is 2.06. The largest absolute Gasteiger partial charge is 0.395 e. The number of nitrogens with zero attached hydrogens (tertiary/aromatic N) is 3. The summed E-state index contributed by atoms with van der Waals surface area (Å²) >= 11 is 0. The molecule has 0 aliphatic rings. The van der Waals surface area contributed by atoms with Gasteiger partial charge in [0.25, 0.3) is 12.3 Å². The fourth-order valence-corrected chi connectivity index (χ4v) is 1.24. The molecule has 0 unspecified atom stereocenters. The van der Waals surface area contributed by atoms with Crippen LogP contribution in [0.2, 0.25) is 0 Å². The molecule has 18 heavy (non-hydrogen) atoms. The van der Waals surface area contributed by atoms with Crippen LogP contribution in [0.3, 0.4) is 0 Å².